The zero-order chi connectivity index (χ0) is 20.1. The van der Waals surface area contributed by atoms with E-state index in [0.717, 1.165) is 16.5 Å². The molecule has 146 valence electrons. The number of hydrogen-bond acceptors (Lipinski definition) is 6. The Balaban J connectivity index is 1.33. The fourth-order valence-electron chi connectivity index (χ4n) is 2.99. The molecule has 0 fully saturated rings. The van der Waals surface area contributed by atoms with Gasteiger partial charge in [0.05, 0.1) is 5.52 Å². The van der Waals surface area contributed by atoms with Crippen molar-refractivity contribution in [2.24, 2.45) is 0 Å². The standard InChI is InChI=1S/C22H20N4O3/c1-15(10-16-4-2-8-23-12-16)25-22(27)20-13-29-21(26-20)14-28-18-6-7-19-17(11-18)5-3-9-24-19/h2-9,11-13,15H,10,14H2,1H3,(H,25,27). The number of ether oxygens (including phenoxy) is 1. The SMILES string of the molecule is CC(Cc1cccnc1)NC(=O)c1coc(COc2ccc3ncccc3c2)n1. The van der Waals surface area contributed by atoms with Crippen molar-refractivity contribution in [2.45, 2.75) is 26.0 Å². The first-order valence-electron chi connectivity index (χ1n) is 9.29. The van der Waals surface area contributed by atoms with Gasteiger partial charge in [-0.1, -0.05) is 12.1 Å². The Kier molecular flexibility index (Phi) is 5.47. The average Bonchev–Trinajstić information content (AvgIpc) is 3.22. The average molecular weight is 388 g/mol. The van der Waals surface area contributed by atoms with Crippen molar-refractivity contribution in [3.63, 3.8) is 0 Å². The number of nitrogens with zero attached hydrogens (tertiary/aromatic N) is 3. The molecule has 1 atom stereocenters. The molecule has 0 saturated carbocycles. The van der Waals surface area contributed by atoms with Gasteiger partial charge in [-0.25, -0.2) is 4.98 Å². The Labute approximate surface area is 167 Å². The van der Waals surface area contributed by atoms with Crippen LogP contribution >= 0.6 is 0 Å². The first kappa shape index (κ1) is 18.6. The molecule has 3 aromatic heterocycles. The Hall–Kier alpha value is -3.74. The zero-order valence-corrected chi connectivity index (χ0v) is 15.9. The van der Waals surface area contributed by atoms with Gasteiger partial charge < -0.3 is 14.5 Å². The van der Waals surface area contributed by atoms with Crippen LogP contribution in [0.4, 0.5) is 0 Å². The van der Waals surface area contributed by atoms with Crippen molar-refractivity contribution in [2.75, 3.05) is 0 Å². The van der Waals surface area contributed by atoms with Crippen LogP contribution in [0.3, 0.4) is 0 Å². The number of pyridine rings is 2. The Bertz CT molecular complexity index is 1110. The van der Waals surface area contributed by atoms with Gasteiger partial charge in [-0.15, -0.1) is 0 Å². The van der Waals surface area contributed by atoms with Crippen LogP contribution in [-0.2, 0) is 13.0 Å². The molecule has 7 nitrogen and oxygen atoms in total. The van der Waals surface area contributed by atoms with Gasteiger partial charge in [-0.3, -0.25) is 14.8 Å². The molecule has 0 aliphatic heterocycles. The zero-order valence-electron chi connectivity index (χ0n) is 15.9. The second-order valence-electron chi connectivity index (χ2n) is 6.71. The molecule has 0 aliphatic rings. The number of fused-ring (bicyclic) bond motifs is 1. The smallest absolute Gasteiger partial charge is 0.273 e. The van der Waals surface area contributed by atoms with Gasteiger partial charge in [0.2, 0.25) is 5.89 Å². The van der Waals surface area contributed by atoms with Crippen LogP contribution in [0.5, 0.6) is 5.75 Å². The van der Waals surface area contributed by atoms with Crippen LogP contribution in [0.25, 0.3) is 10.9 Å². The predicted molar refractivity (Wildman–Crippen MR) is 107 cm³/mol. The maximum atomic E-state index is 12.4. The van der Waals surface area contributed by atoms with E-state index in [1.54, 1.807) is 18.6 Å². The lowest BCUT2D eigenvalue weighted by atomic mass is 10.1. The highest BCUT2D eigenvalue weighted by Gasteiger charge is 2.15. The largest absolute Gasteiger partial charge is 0.484 e. The minimum Gasteiger partial charge on any atom is -0.484 e. The van der Waals surface area contributed by atoms with E-state index in [2.05, 4.69) is 20.3 Å². The van der Waals surface area contributed by atoms with Crippen molar-refractivity contribution in [3.8, 4) is 5.75 Å². The maximum Gasteiger partial charge on any atom is 0.273 e. The number of aromatic nitrogens is 3. The molecule has 1 amide bonds. The van der Waals surface area contributed by atoms with Crippen molar-refractivity contribution < 1.29 is 13.9 Å². The first-order valence-corrected chi connectivity index (χ1v) is 9.29. The lowest BCUT2D eigenvalue weighted by molar-refractivity contribution is 0.0935. The van der Waals surface area contributed by atoms with Crippen LogP contribution < -0.4 is 10.1 Å². The van der Waals surface area contributed by atoms with E-state index in [0.29, 0.717) is 18.1 Å². The fourth-order valence-corrected chi connectivity index (χ4v) is 2.99. The van der Waals surface area contributed by atoms with Crippen LogP contribution in [-0.4, -0.2) is 26.9 Å². The van der Waals surface area contributed by atoms with Gasteiger partial charge in [0.15, 0.2) is 12.3 Å². The Morgan fingerprint density at radius 1 is 1.21 bits per heavy atom. The number of benzene rings is 1. The number of hydrogen-bond donors (Lipinski definition) is 1. The molecule has 0 saturated heterocycles. The third-order valence-electron chi connectivity index (χ3n) is 4.36. The summed E-state index contributed by atoms with van der Waals surface area (Å²) in [5.41, 5.74) is 2.18. The topological polar surface area (TPSA) is 90.1 Å². The first-order chi connectivity index (χ1) is 14.2. The second-order valence-corrected chi connectivity index (χ2v) is 6.71. The number of amides is 1. The highest BCUT2D eigenvalue weighted by Crippen LogP contribution is 2.20. The summed E-state index contributed by atoms with van der Waals surface area (Å²) in [5, 5.41) is 3.90. The van der Waals surface area contributed by atoms with Crippen molar-refractivity contribution in [1.29, 1.82) is 0 Å². The molecule has 7 heteroatoms. The molecular weight excluding hydrogens is 368 g/mol. The summed E-state index contributed by atoms with van der Waals surface area (Å²) in [6.45, 7) is 2.06. The van der Waals surface area contributed by atoms with Crippen LogP contribution in [0.2, 0.25) is 0 Å². The molecule has 0 aliphatic carbocycles. The van der Waals surface area contributed by atoms with E-state index in [4.69, 9.17) is 9.15 Å². The van der Waals surface area contributed by atoms with E-state index < -0.39 is 0 Å². The molecular formula is C22H20N4O3. The summed E-state index contributed by atoms with van der Waals surface area (Å²) in [5.74, 6) is 0.731. The molecule has 0 bridgehead atoms. The minimum atomic E-state index is -0.284. The third-order valence-corrected chi connectivity index (χ3v) is 4.36. The quantitative estimate of drug-likeness (QED) is 0.521. The lowest BCUT2D eigenvalue weighted by Crippen LogP contribution is -2.34. The molecule has 3 heterocycles. The summed E-state index contributed by atoms with van der Waals surface area (Å²) in [7, 11) is 0. The molecule has 1 N–H and O–H groups in total. The van der Waals surface area contributed by atoms with E-state index in [1.807, 2.05) is 49.4 Å². The number of nitrogens with one attached hydrogen (secondary N) is 1. The van der Waals surface area contributed by atoms with Gasteiger partial charge in [0.1, 0.15) is 12.0 Å². The number of carbonyl (C=O) groups excluding carboxylic acids is 1. The third kappa shape index (κ3) is 4.76. The molecule has 4 aromatic rings. The van der Waals surface area contributed by atoms with E-state index in [1.165, 1.54) is 6.26 Å². The highest BCUT2D eigenvalue weighted by atomic mass is 16.5. The summed E-state index contributed by atoms with van der Waals surface area (Å²) in [6.07, 6.45) is 7.29. The Morgan fingerprint density at radius 3 is 2.97 bits per heavy atom. The van der Waals surface area contributed by atoms with Gasteiger partial charge in [-0.05, 0) is 49.2 Å². The van der Waals surface area contributed by atoms with Crippen LogP contribution in [0.15, 0.2) is 71.7 Å². The molecule has 4 rings (SSSR count). The van der Waals surface area contributed by atoms with Gasteiger partial charge in [0.25, 0.3) is 5.91 Å². The summed E-state index contributed by atoms with van der Waals surface area (Å²) >= 11 is 0. The van der Waals surface area contributed by atoms with Crippen molar-refractivity contribution >= 4 is 16.8 Å². The predicted octanol–water partition coefficient (Wildman–Crippen LogP) is 3.56. The van der Waals surface area contributed by atoms with E-state index in [9.17, 15) is 4.79 Å². The van der Waals surface area contributed by atoms with Crippen molar-refractivity contribution in [3.05, 3.63) is 84.5 Å². The van der Waals surface area contributed by atoms with Gasteiger partial charge in [0, 0.05) is 30.0 Å². The molecule has 1 unspecified atom stereocenters. The number of rotatable bonds is 7. The summed E-state index contributed by atoms with van der Waals surface area (Å²) in [4.78, 5) is 25.0. The van der Waals surface area contributed by atoms with Crippen LogP contribution in [0, 0.1) is 0 Å². The normalized spacial score (nSPS) is 11.9. The summed E-state index contributed by atoms with van der Waals surface area (Å²) < 4.78 is 11.1. The maximum absolute atomic E-state index is 12.4. The Morgan fingerprint density at radius 2 is 2.10 bits per heavy atom. The summed E-state index contributed by atoms with van der Waals surface area (Å²) in [6, 6.07) is 13.3. The van der Waals surface area contributed by atoms with Gasteiger partial charge >= 0.3 is 0 Å². The fraction of sp³-hybridized carbons (Fsp3) is 0.182. The van der Waals surface area contributed by atoms with Gasteiger partial charge in [-0.2, -0.15) is 0 Å². The number of carbonyl (C=O) groups is 1. The van der Waals surface area contributed by atoms with Crippen LogP contribution in [0.1, 0.15) is 28.9 Å². The van der Waals surface area contributed by atoms with E-state index >= 15 is 0 Å². The van der Waals surface area contributed by atoms with Crippen molar-refractivity contribution in [1.82, 2.24) is 20.3 Å². The number of oxazole rings is 1. The monoisotopic (exact) mass is 388 g/mol. The molecule has 29 heavy (non-hydrogen) atoms. The second kappa shape index (κ2) is 8.52. The van der Waals surface area contributed by atoms with E-state index in [-0.39, 0.29) is 24.2 Å². The molecule has 0 spiro atoms. The molecule has 1 aromatic carbocycles. The lowest BCUT2D eigenvalue weighted by Gasteiger charge is -2.12. The highest BCUT2D eigenvalue weighted by molar-refractivity contribution is 5.92. The minimum absolute atomic E-state index is 0.0608. The molecule has 0 radical (unpaired) electrons.